The molecular formula is C22H28N4O2. The van der Waals surface area contributed by atoms with Crippen molar-refractivity contribution in [2.75, 3.05) is 50.0 Å². The number of hydrogen-bond donors (Lipinski definition) is 2. The molecule has 2 aromatic carbocycles. The summed E-state index contributed by atoms with van der Waals surface area (Å²) in [6.07, 6.45) is 0.271. The Morgan fingerprint density at radius 1 is 0.964 bits per heavy atom. The number of amides is 2. The first kappa shape index (κ1) is 19.9. The molecule has 0 radical (unpaired) electrons. The average Bonchev–Trinajstić information content (AvgIpc) is 2.68. The quantitative estimate of drug-likeness (QED) is 0.805. The summed E-state index contributed by atoms with van der Waals surface area (Å²) in [5.74, 6) is -0.392. The fourth-order valence-corrected chi connectivity index (χ4v) is 3.36. The molecule has 1 fully saturated rings. The second-order valence-corrected chi connectivity index (χ2v) is 7.28. The molecule has 0 aliphatic carbocycles. The van der Waals surface area contributed by atoms with Gasteiger partial charge in [0, 0.05) is 37.6 Å². The summed E-state index contributed by atoms with van der Waals surface area (Å²) in [6, 6.07) is 15.4. The van der Waals surface area contributed by atoms with E-state index in [0.717, 1.165) is 43.0 Å². The van der Waals surface area contributed by atoms with Crippen LogP contribution in [0.1, 0.15) is 11.1 Å². The molecule has 0 aromatic heterocycles. The van der Waals surface area contributed by atoms with Gasteiger partial charge in [-0.15, -0.1) is 0 Å². The molecule has 1 heterocycles. The van der Waals surface area contributed by atoms with E-state index in [9.17, 15) is 9.59 Å². The van der Waals surface area contributed by atoms with Gasteiger partial charge in [0.2, 0.25) is 11.8 Å². The van der Waals surface area contributed by atoms with Crippen LogP contribution in [0, 0.1) is 6.92 Å². The van der Waals surface area contributed by atoms with Crippen LogP contribution < -0.4 is 15.5 Å². The minimum atomic E-state index is -0.229. The largest absolute Gasteiger partial charge is 0.369 e. The number of aryl methyl sites for hydroxylation is 1. The molecule has 3 rings (SSSR count). The zero-order valence-electron chi connectivity index (χ0n) is 16.6. The number of benzene rings is 2. The maximum absolute atomic E-state index is 12.2. The Labute approximate surface area is 166 Å². The Morgan fingerprint density at radius 3 is 2.36 bits per heavy atom. The van der Waals surface area contributed by atoms with Gasteiger partial charge in [-0.2, -0.15) is 0 Å². The van der Waals surface area contributed by atoms with Gasteiger partial charge in [-0.3, -0.25) is 9.59 Å². The lowest BCUT2D eigenvalue weighted by molar-refractivity contribution is -0.123. The van der Waals surface area contributed by atoms with Crippen LogP contribution in [0.15, 0.2) is 48.5 Å². The maximum atomic E-state index is 12.2. The van der Waals surface area contributed by atoms with Crippen molar-refractivity contribution in [2.45, 2.75) is 13.3 Å². The summed E-state index contributed by atoms with van der Waals surface area (Å²) < 4.78 is 0. The Balaban J connectivity index is 1.48. The first-order valence-electron chi connectivity index (χ1n) is 9.66. The first-order valence-corrected chi connectivity index (χ1v) is 9.66. The molecular weight excluding hydrogens is 352 g/mol. The predicted molar refractivity (Wildman–Crippen MR) is 113 cm³/mol. The number of nitrogens with zero attached hydrogens (tertiary/aromatic N) is 2. The summed E-state index contributed by atoms with van der Waals surface area (Å²) in [4.78, 5) is 28.8. The lowest BCUT2D eigenvalue weighted by Gasteiger charge is -2.35. The number of nitrogens with one attached hydrogen (secondary N) is 2. The van der Waals surface area contributed by atoms with Gasteiger partial charge in [-0.1, -0.05) is 30.3 Å². The van der Waals surface area contributed by atoms with Gasteiger partial charge in [0.1, 0.15) is 0 Å². The van der Waals surface area contributed by atoms with Crippen LogP contribution >= 0.6 is 0 Å². The number of rotatable bonds is 6. The molecule has 6 nitrogen and oxygen atoms in total. The highest BCUT2D eigenvalue weighted by Gasteiger charge is 2.16. The predicted octanol–water partition coefficient (Wildman–Crippen LogP) is 2.04. The minimum Gasteiger partial charge on any atom is -0.369 e. The van der Waals surface area contributed by atoms with Crippen LogP contribution in [0.4, 0.5) is 11.4 Å². The normalized spacial score (nSPS) is 14.6. The third-order valence-corrected chi connectivity index (χ3v) is 4.98. The molecule has 2 N–H and O–H groups in total. The van der Waals surface area contributed by atoms with Crippen molar-refractivity contribution in [3.63, 3.8) is 0 Å². The molecule has 6 heteroatoms. The molecule has 1 aliphatic rings. The van der Waals surface area contributed by atoms with E-state index < -0.39 is 0 Å². The highest BCUT2D eigenvalue weighted by atomic mass is 16.2. The number of hydrogen-bond acceptors (Lipinski definition) is 4. The van der Waals surface area contributed by atoms with Crippen LogP contribution in [0.3, 0.4) is 0 Å². The van der Waals surface area contributed by atoms with Crippen molar-refractivity contribution >= 4 is 23.2 Å². The van der Waals surface area contributed by atoms with Crippen LogP contribution in [0.5, 0.6) is 0 Å². The first-order chi connectivity index (χ1) is 13.5. The van der Waals surface area contributed by atoms with E-state index in [1.54, 1.807) is 0 Å². The Morgan fingerprint density at radius 2 is 1.68 bits per heavy atom. The summed E-state index contributed by atoms with van der Waals surface area (Å²) in [5.41, 5.74) is 4.02. The summed E-state index contributed by atoms with van der Waals surface area (Å²) in [6.45, 7) is 6.16. The van der Waals surface area contributed by atoms with E-state index in [0.29, 0.717) is 0 Å². The monoisotopic (exact) mass is 380 g/mol. The topological polar surface area (TPSA) is 64.7 Å². The molecule has 28 heavy (non-hydrogen) atoms. The summed E-state index contributed by atoms with van der Waals surface area (Å²) >= 11 is 0. The van der Waals surface area contributed by atoms with Crippen molar-refractivity contribution in [3.8, 4) is 0 Å². The third-order valence-electron chi connectivity index (χ3n) is 4.98. The van der Waals surface area contributed by atoms with Gasteiger partial charge >= 0.3 is 0 Å². The second-order valence-electron chi connectivity index (χ2n) is 7.28. The molecule has 148 valence electrons. The number of piperazine rings is 1. The van der Waals surface area contributed by atoms with Crippen LogP contribution in [-0.4, -0.2) is 56.5 Å². The number of carbonyl (C=O) groups excluding carboxylic acids is 2. The Hall–Kier alpha value is -2.86. The third kappa shape index (κ3) is 5.57. The van der Waals surface area contributed by atoms with Gasteiger partial charge in [0.05, 0.1) is 13.0 Å². The van der Waals surface area contributed by atoms with Crippen LogP contribution in [-0.2, 0) is 16.0 Å². The molecule has 0 bridgehead atoms. The molecule has 0 unspecified atom stereocenters. The SMILES string of the molecule is Cc1cc(NC(=O)CNC(=O)Cc2ccccc2)ccc1N1CCN(C)CC1. The summed E-state index contributed by atoms with van der Waals surface area (Å²) in [7, 11) is 2.14. The van der Waals surface area contributed by atoms with Gasteiger partial charge in [0.25, 0.3) is 0 Å². The standard InChI is InChI=1S/C22H28N4O2/c1-17-14-19(8-9-20(17)26-12-10-25(2)11-13-26)24-22(28)16-23-21(27)15-18-6-4-3-5-7-18/h3-9,14H,10-13,15-16H2,1-2H3,(H,23,27)(H,24,28). The fraction of sp³-hybridized carbons (Fsp3) is 0.364. The molecule has 1 saturated heterocycles. The molecule has 1 aliphatic heterocycles. The van der Waals surface area contributed by atoms with Crippen molar-refractivity contribution < 1.29 is 9.59 Å². The summed E-state index contributed by atoms with van der Waals surface area (Å²) in [5, 5.41) is 5.53. The van der Waals surface area contributed by atoms with Gasteiger partial charge in [0.15, 0.2) is 0 Å². The van der Waals surface area contributed by atoms with E-state index in [1.807, 2.05) is 42.5 Å². The van der Waals surface area contributed by atoms with E-state index in [-0.39, 0.29) is 24.8 Å². The highest BCUT2D eigenvalue weighted by Crippen LogP contribution is 2.24. The average molecular weight is 380 g/mol. The van der Waals surface area contributed by atoms with Crippen molar-refractivity contribution in [3.05, 3.63) is 59.7 Å². The number of anilines is 2. The Kier molecular flexibility index (Phi) is 6.66. The minimum absolute atomic E-state index is 0.0368. The van der Waals surface area contributed by atoms with E-state index in [2.05, 4.69) is 40.5 Å². The van der Waals surface area contributed by atoms with Crippen molar-refractivity contribution in [1.82, 2.24) is 10.2 Å². The van der Waals surface area contributed by atoms with Gasteiger partial charge in [-0.05, 0) is 43.3 Å². The highest BCUT2D eigenvalue weighted by molar-refractivity contribution is 5.95. The van der Waals surface area contributed by atoms with Crippen LogP contribution in [0.2, 0.25) is 0 Å². The number of likely N-dealkylation sites (N-methyl/N-ethyl adjacent to an activating group) is 1. The molecule has 2 aromatic rings. The van der Waals surface area contributed by atoms with Crippen molar-refractivity contribution in [2.24, 2.45) is 0 Å². The van der Waals surface area contributed by atoms with Crippen LogP contribution in [0.25, 0.3) is 0 Å². The molecule has 0 atom stereocenters. The maximum Gasteiger partial charge on any atom is 0.243 e. The lowest BCUT2D eigenvalue weighted by atomic mass is 10.1. The molecule has 2 amide bonds. The second kappa shape index (κ2) is 9.37. The van der Waals surface area contributed by atoms with Gasteiger partial charge < -0.3 is 20.4 Å². The fourth-order valence-electron chi connectivity index (χ4n) is 3.36. The van der Waals surface area contributed by atoms with Crippen molar-refractivity contribution in [1.29, 1.82) is 0 Å². The van der Waals surface area contributed by atoms with E-state index in [4.69, 9.17) is 0 Å². The molecule has 0 saturated carbocycles. The zero-order valence-corrected chi connectivity index (χ0v) is 16.6. The van der Waals surface area contributed by atoms with Gasteiger partial charge in [-0.25, -0.2) is 0 Å². The Bertz CT molecular complexity index is 815. The smallest absolute Gasteiger partial charge is 0.243 e. The molecule has 0 spiro atoms. The number of carbonyl (C=O) groups is 2. The zero-order chi connectivity index (χ0) is 19.9. The lowest BCUT2D eigenvalue weighted by Crippen LogP contribution is -2.44. The van der Waals surface area contributed by atoms with E-state index >= 15 is 0 Å². The van der Waals surface area contributed by atoms with E-state index in [1.165, 1.54) is 5.69 Å².